The first kappa shape index (κ1) is 16.5. The Morgan fingerprint density at radius 1 is 0.680 bits per heavy atom. The molecule has 0 aliphatic rings. The van der Waals surface area contributed by atoms with Crippen molar-refractivity contribution < 1.29 is 14.3 Å². The maximum absolute atomic E-state index is 12.8. The highest BCUT2D eigenvalue weighted by atomic mass is 16.5. The Kier molecular flexibility index (Phi) is 5.22. The average Bonchev–Trinajstić information content (AvgIpc) is 2.70. The lowest BCUT2D eigenvalue weighted by Crippen LogP contribution is -2.34. The summed E-state index contributed by atoms with van der Waals surface area (Å²) in [5, 5.41) is 0. The highest BCUT2D eigenvalue weighted by molar-refractivity contribution is 6.06. The summed E-state index contributed by atoms with van der Waals surface area (Å²) < 4.78 is 5.35. The molecule has 25 heavy (non-hydrogen) atoms. The maximum Gasteiger partial charge on any atom is 0.339 e. The lowest BCUT2D eigenvalue weighted by atomic mass is 10.2. The minimum Gasteiger partial charge on any atom is -0.440 e. The van der Waals surface area contributed by atoms with E-state index in [1.165, 1.54) is 4.90 Å². The first-order chi connectivity index (χ1) is 12.3. The molecule has 0 N–H and O–H groups in total. The van der Waals surface area contributed by atoms with Crippen molar-refractivity contribution in [2.45, 2.75) is 0 Å². The van der Waals surface area contributed by atoms with Gasteiger partial charge in [-0.3, -0.25) is 9.69 Å². The number of nitrogens with zero attached hydrogens (tertiary/aromatic N) is 1. The van der Waals surface area contributed by atoms with Crippen LogP contribution in [0.1, 0.15) is 20.7 Å². The molecule has 3 aromatic rings. The summed E-state index contributed by atoms with van der Waals surface area (Å²) in [5.41, 5.74) is 1.64. The topological polar surface area (TPSA) is 46.6 Å². The Morgan fingerprint density at radius 3 is 1.72 bits per heavy atom. The first-order valence-electron chi connectivity index (χ1n) is 7.90. The molecule has 0 atom stereocenters. The van der Waals surface area contributed by atoms with Crippen molar-refractivity contribution in [3.8, 4) is 0 Å². The van der Waals surface area contributed by atoms with Gasteiger partial charge in [0, 0.05) is 11.3 Å². The van der Waals surface area contributed by atoms with Gasteiger partial charge in [0.25, 0.3) is 5.91 Å². The Labute approximate surface area is 146 Å². The fourth-order valence-electron chi connectivity index (χ4n) is 2.38. The summed E-state index contributed by atoms with van der Waals surface area (Å²) in [6, 6.07) is 26.8. The van der Waals surface area contributed by atoms with Crippen molar-refractivity contribution in [3.05, 3.63) is 102 Å². The number of carbonyl (C=O) groups is 2. The van der Waals surface area contributed by atoms with Crippen LogP contribution in [-0.4, -0.2) is 18.6 Å². The van der Waals surface area contributed by atoms with E-state index in [1.54, 1.807) is 60.7 Å². The van der Waals surface area contributed by atoms with E-state index in [2.05, 4.69) is 0 Å². The van der Waals surface area contributed by atoms with Crippen LogP contribution in [0.2, 0.25) is 0 Å². The quantitative estimate of drug-likeness (QED) is 0.521. The molecule has 0 saturated carbocycles. The molecule has 3 rings (SSSR count). The number of amides is 1. The largest absolute Gasteiger partial charge is 0.440 e. The minimum absolute atomic E-state index is 0.161. The monoisotopic (exact) mass is 331 g/mol. The molecule has 0 bridgehead atoms. The molecule has 0 unspecified atom stereocenters. The molecular weight excluding hydrogens is 314 g/mol. The van der Waals surface area contributed by atoms with Crippen LogP contribution in [0.15, 0.2) is 91.0 Å². The molecule has 0 aromatic heterocycles. The smallest absolute Gasteiger partial charge is 0.339 e. The van der Waals surface area contributed by atoms with Crippen LogP contribution in [0, 0.1) is 0 Å². The third-order valence-corrected chi connectivity index (χ3v) is 3.67. The van der Waals surface area contributed by atoms with E-state index >= 15 is 0 Å². The molecule has 0 heterocycles. The standard InChI is InChI=1S/C21H17NO3/c23-20(17-10-4-1-5-11-17)22(19-14-8-3-9-15-19)16-25-21(24)18-12-6-2-7-13-18/h1-15H,16H2. The zero-order valence-corrected chi connectivity index (χ0v) is 13.5. The molecule has 0 spiro atoms. The van der Waals surface area contributed by atoms with Gasteiger partial charge in [0.05, 0.1) is 5.56 Å². The van der Waals surface area contributed by atoms with Crippen molar-refractivity contribution in [2.24, 2.45) is 0 Å². The number of hydrogen-bond donors (Lipinski definition) is 0. The van der Waals surface area contributed by atoms with Crippen LogP contribution in [0.3, 0.4) is 0 Å². The molecule has 4 heteroatoms. The van der Waals surface area contributed by atoms with E-state index < -0.39 is 5.97 Å². The normalized spacial score (nSPS) is 10.1. The summed E-state index contributed by atoms with van der Waals surface area (Å²) in [5.74, 6) is -0.699. The molecule has 1 amide bonds. The Balaban J connectivity index is 1.80. The minimum atomic E-state index is -0.470. The van der Waals surface area contributed by atoms with Crippen LogP contribution in [0.5, 0.6) is 0 Å². The number of carbonyl (C=O) groups excluding carboxylic acids is 2. The Hall–Kier alpha value is -3.40. The predicted octanol–water partition coefficient (Wildman–Crippen LogP) is 4.15. The summed E-state index contributed by atoms with van der Waals surface area (Å²) in [7, 11) is 0. The van der Waals surface area contributed by atoms with Gasteiger partial charge in [0.1, 0.15) is 0 Å². The van der Waals surface area contributed by atoms with Crippen LogP contribution in [-0.2, 0) is 4.74 Å². The molecular formula is C21H17NO3. The molecule has 4 nitrogen and oxygen atoms in total. The number of ether oxygens (including phenoxy) is 1. The zero-order valence-electron chi connectivity index (χ0n) is 13.5. The summed E-state index contributed by atoms with van der Waals surface area (Å²) >= 11 is 0. The molecule has 0 aliphatic carbocycles. The molecule has 0 radical (unpaired) electrons. The van der Waals surface area contributed by atoms with Gasteiger partial charge in [0.2, 0.25) is 0 Å². The second-order valence-electron chi connectivity index (χ2n) is 5.36. The molecule has 0 saturated heterocycles. The molecule has 0 aliphatic heterocycles. The second-order valence-corrected chi connectivity index (χ2v) is 5.36. The van der Waals surface area contributed by atoms with Crippen LogP contribution in [0.4, 0.5) is 5.69 Å². The number of hydrogen-bond acceptors (Lipinski definition) is 3. The molecule has 3 aromatic carbocycles. The second kappa shape index (κ2) is 7.93. The summed E-state index contributed by atoms with van der Waals surface area (Å²) in [6.07, 6.45) is 0. The van der Waals surface area contributed by atoms with Crippen LogP contribution >= 0.6 is 0 Å². The van der Waals surface area contributed by atoms with Gasteiger partial charge in [0.15, 0.2) is 6.73 Å². The van der Waals surface area contributed by atoms with Crippen LogP contribution < -0.4 is 4.90 Å². The number of benzene rings is 3. The highest BCUT2D eigenvalue weighted by Crippen LogP contribution is 2.17. The fourth-order valence-corrected chi connectivity index (χ4v) is 2.38. The highest BCUT2D eigenvalue weighted by Gasteiger charge is 2.19. The fraction of sp³-hybridized carbons (Fsp3) is 0.0476. The van der Waals surface area contributed by atoms with E-state index in [1.807, 2.05) is 30.3 Å². The Bertz CT molecular complexity index is 833. The number of esters is 1. The van der Waals surface area contributed by atoms with Crippen LogP contribution in [0.25, 0.3) is 0 Å². The first-order valence-corrected chi connectivity index (χ1v) is 7.90. The van der Waals surface area contributed by atoms with Gasteiger partial charge in [-0.2, -0.15) is 0 Å². The van der Waals surface area contributed by atoms with Crippen molar-refractivity contribution in [3.63, 3.8) is 0 Å². The molecule has 124 valence electrons. The van der Waals surface area contributed by atoms with E-state index in [0.29, 0.717) is 16.8 Å². The van der Waals surface area contributed by atoms with Gasteiger partial charge in [-0.05, 0) is 36.4 Å². The Morgan fingerprint density at radius 2 is 1.16 bits per heavy atom. The van der Waals surface area contributed by atoms with E-state index in [9.17, 15) is 9.59 Å². The van der Waals surface area contributed by atoms with Crippen molar-refractivity contribution in [2.75, 3.05) is 11.6 Å². The lowest BCUT2D eigenvalue weighted by molar-refractivity contribution is 0.0499. The zero-order chi connectivity index (χ0) is 17.5. The summed E-state index contributed by atoms with van der Waals surface area (Å²) in [6.45, 7) is -0.161. The van der Waals surface area contributed by atoms with Gasteiger partial charge < -0.3 is 4.74 Å². The SMILES string of the molecule is O=C(OCN(C(=O)c1ccccc1)c1ccccc1)c1ccccc1. The predicted molar refractivity (Wildman–Crippen MR) is 96.4 cm³/mol. The number of rotatable bonds is 5. The summed E-state index contributed by atoms with van der Waals surface area (Å²) in [4.78, 5) is 26.4. The van der Waals surface area contributed by atoms with Crippen molar-refractivity contribution in [1.29, 1.82) is 0 Å². The maximum atomic E-state index is 12.8. The van der Waals surface area contributed by atoms with Gasteiger partial charge in [-0.25, -0.2) is 4.79 Å². The number of anilines is 1. The van der Waals surface area contributed by atoms with Gasteiger partial charge in [-0.1, -0.05) is 54.6 Å². The third-order valence-electron chi connectivity index (χ3n) is 3.67. The third kappa shape index (κ3) is 4.12. The van der Waals surface area contributed by atoms with E-state index in [4.69, 9.17) is 4.74 Å². The van der Waals surface area contributed by atoms with E-state index in [-0.39, 0.29) is 12.6 Å². The lowest BCUT2D eigenvalue weighted by Gasteiger charge is -2.22. The van der Waals surface area contributed by atoms with E-state index in [0.717, 1.165) is 0 Å². The van der Waals surface area contributed by atoms with Crippen molar-refractivity contribution in [1.82, 2.24) is 0 Å². The average molecular weight is 331 g/mol. The molecule has 0 fully saturated rings. The van der Waals surface area contributed by atoms with Crippen molar-refractivity contribution >= 4 is 17.6 Å². The van der Waals surface area contributed by atoms with Gasteiger partial charge in [-0.15, -0.1) is 0 Å². The number of para-hydroxylation sites is 1. The van der Waals surface area contributed by atoms with Gasteiger partial charge >= 0.3 is 5.97 Å².